The Balaban J connectivity index is 0.000000202. The second kappa shape index (κ2) is 32.4. The van der Waals surface area contributed by atoms with Crippen LogP contribution in [0.4, 0.5) is 34.5 Å². The Morgan fingerprint density at radius 2 is 0.782 bits per heavy atom. The number of methoxy groups -OCH3 is 2. The van der Waals surface area contributed by atoms with Crippen molar-refractivity contribution in [2.75, 3.05) is 48.7 Å². The molecule has 36 heteroatoms. The van der Waals surface area contributed by atoms with Crippen molar-refractivity contribution in [2.24, 2.45) is 0 Å². The van der Waals surface area contributed by atoms with E-state index in [1.807, 2.05) is 54.6 Å². The molecule has 101 heavy (non-hydrogen) atoms. The Morgan fingerprint density at radius 3 is 1.10 bits per heavy atom. The molecule has 0 radical (unpaired) electrons. The zero-order valence-electron chi connectivity index (χ0n) is 56.2. The number of carboxylic acid groups (broad SMARTS) is 1. The summed E-state index contributed by atoms with van der Waals surface area (Å²) < 4.78 is 98.5. The van der Waals surface area contributed by atoms with Crippen LogP contribution in [0.1, 0.15) is 62.3 Å². The number of carbonyl (C=O) groups is 3. The van der Waals surface area contributed by atoms with Crippen LogP contribution in [0.2, 0.25) is 0 Å². The smallest absolute Gasteiger partial charge is 0.870 e. The number of anilines is 6. The summed E-state index contributed by atoms with van der Waals surface area (Å²) in [5, 5.41) is 30.7. The summed E-state index contributed by atoms with van der Waals surface area (Å²) in [5.41, 5.74) is 11.4. The van der Waals surface area contributed by atoms with Crippen molar-refractivity contribution in [1.29, 1.82) is 0 Å². The van der Waals surface area contributed by atoms with Crippen molar-refractivity contribution < 1.29 is 93.1 Å². The van der Waals surface area contributed by atoms with Gasteiger partial charge in [-0.1, -0.05) is 15.9 Å². The van der Waals surface area contributed by atoms with Crippen LogP contribution in [0.25, 0.3) is 63.4 Å². The fraction of sp³-hybridized carbons (Fsp3) is 0.262. The van der Waals surface area contributed by atoms with Gasteiger partial charge in [-0.25, -0.2) is 79.7 Å². The first-order valence-corrected chi connectivity index (χ1v) is 37.6. The fourth-order valence-electron chi connectivity index (χ4n) is 8.96. The van der Waals surface area contributed by atoms with Crippen LogP contribution < -0.4 is 44.3 Å². The van der Waals surface area contributed by atoms with E-state index in [-0.39, 0.29) is 67.6 Å². The van der Waals surface area contributed by atoms with E-state index < -0.39 is 68.9 Å². The first-order valence-electron chi connectivity index (χ1n) is 29.4. The first-order chi connectivity index (χ1) is 46.6. The largest absolute Gasteiger partial charge is 1.00 e. The third kappa shape index (κ3) is 18.2. The number of fused-ring (bicyclic) bond motifs is 6. The number of carboxylic acids is 1. The molecule has 0 spiro atoms. The van der Waals surface area contributed by atoms with Gasteiger partial charge in [0.2, 0.25) is 0 Å². The molecule has 0 aliphatic heterocycles. The number of nitrogens with one attached hydrogen (secondary N) is 3. The Kier molecular flexibility index (Phi) is 25.5. The molecule has 0 bridgehead atoms. The van der Waals surface area contributed by atoms with Crippen LogP contribution in [0.15, 0.2) is 141 Å². The van der Waals surface area contributed by atoms with E-state index >= 15 is 0 Å². The van der Waals surface area contributed by atoms with Crippen LogP contribution in [0.5, 0.6) is 17.2 Å². The van der Waals surface area contributed by atoms with Gasteiger partial charge < -0.3 is 50.6 Å². The number of sulfone groups is 3. The molecular formula is C65H66BrLiN12O16S6. The molecule has 0 aliphatic carbocycles. The number of phenols is 1. The van der Waals surface area contributed by atoms with Gasteiger partial charge in [-0.2, -0.15) is 0 Å². The molecular weight excluding hydrogens is 1480 g/mol. The summed E-state index contributed by atoms with van der Waals surface area (Å²) in [6.07, 6.45) is 4.07. The van der Waals surface area contributed by atoms with Crippen LogP contribution in [0, 0.1) is 0 Å². The number of ether oxygens (including phenoxy) is 4. The number of aromatic hydroxyl groups is 1. The maximum atomic E-state index is 13.4. The number of thiazole rings is 3. The molecule has 6 N–H and O–H groups in total. The van der Waals surface area contributed by atoms with E-state index in [4.69, 9.17) is 14.6 Å². The van der Waals surface area contributed by atoms with E-state index in [2.05, 4.69) is 86.2 Å². The van der Waals surface area contributed by atoms with Crippen LogP contribution >= 0.6 is 49.9 Å². The molecule has 526 valence electrons. The third-order valence-electron chi connectivity index (χ3n) is 14.4. The van der Waals surface area contributed by atoms with Crippen molar-refractivity contribution in [3.8, 4) is 17.2 Å². The first kappa shape index (κ1) is 79.4. The minimum Gasteiger partial charge on any atom is -0.870 e. The number of hydrogen-bond acceptors (Lipinski definition) is 30. The Hall–Kier alpha value is -8.89. The molecule has 0 saturated carbocycles. The van der Waals surface area contributed by atoms with Gasteiger partial charge in [0.05, 0.1) is 92.2 Å². The average molecular weight is 1550 g/mol. The molecule has 6 aromatic heterocycles. The van der Waals surface area contributed by atoms with Crippen molar-refractivity contribution in [1.82, 2.24) is 44.9 Å². The van der Waals surface area contributed by atoms with E-state index in [0.717, 1.165) is 47.7 Å². The zero-order chi connectivity index (χ0) is 72.0. The number of aromatic nitrogens is 9. The number of rotatable bonds is 16. The number of alkyl halides is 1. The molecule has 0 unspecified atom stereocenters. The topological polar surface area (TPSA) is 413 Å². The van der Waals surface area contributed by atoms with Gasteiger partial charge in [0.25, 0.3) is 0 Å². The van der Waals surface area contributed by atoms with Gasteiger partial charge in [-0.3, -0.25) is 4.79 Å². The van der Waals surface area contributed by atoms with E-state index in [9.17, 15) is 44.7 Å². The zero-order valence-corrected chi connectivity index (χ0v) is 62.7. The number of phenolic OH excluding ortho intramolecular Hbond substituents is 1. The van der Waals surface area contributed by atoms with Gasteiger partial charge in [0.15, 0.2) is 42.7 Å². The van der Waals surface area contributed by atoms with Gasteiger partial charge in [0.1, 0.15) is 73.7 Å². The summed E-state index contributed by atoms with van der Waals surface area (Å²) in [7, 11) is -8.87. The summed E-state index contributed by atoms with van der Waals surface area (Å²) in [5.74, 6) is -1.17. The van der Waals surface area contributed by atoms with E-state index in [0.29, 0.717) is 50.2 Å². The molecule has 6 aromatic carbocycles. The predicted octanol–water partition coefficient (Wildman–Crippen LogP) is 9.77. The number of carbonyl (C=O) groups excluding carboxylic acids is 2. The van der Waals surface area contributed by atoms with Crippen LogP contribution in [-0.2, 0) is 53.4 Å². The van der Waals surface area contributed by atoms with Gasteiger partial charge in [-0.05, 0) is 135 Å². The molecule has 12 rings (SSSR count). The minimum atomic E-state index is -3.87. The second-order valence-electron chi connectivity index (χ2n) is 24.2. The van der Waals surface area contributed by atoms with Crippen molar-refractivity contribution in [3.05, 3.63) is 127 Å². The summed E-state index contributed by atoms with van der Waals surface area (Å²) in [4.78, 5) is 70.7. The maximum absolute atomic E-state index is 13.4. The molecule has 0 fully saturated rings. The van der Waals surface area contributed by atoms with Crippen LogP contribution in [-0.4, -0.2) is 151 Å². The van der Waals surface area contributed by atoms with Crippen molar-refractivity contribution in [2.45, 2.75) is 91.2 Å². The maximum Gasteiger partial charge on any atom is 1.00 e. The molecule has 0 aliphatic rings. The number of esters is 2. The standard InChI is InChI=1S/C22H22N4O5S2.C21H20N4O5S2.C19H18N4O3S2.C3H5BrO2.Li.H2O/c1-22(2,3)33(28,29)19-8-14-15(9-17(19)31-10-20(27)30-4)23-11-24-21(14)26-13-5-6-18-16(7-13)25-12-32-18;1-21(2,3)32(28,29)18-7-13-14(8-16(18)30-9-19(26)27)22-10-23-20(13)25-12-4-5-17-15(6-12)24-11-31-17;1-19(2,3)28(25,26)17-7-12-13(8-15(17)24)20-9-21-18(12)23-11-4-5-16-14(6-11)22-10-27-16;1-6-3(5)2-4;;/h5-9,11-12H,10H2,1-4H3,(H,23,24,26);4-8,10-11H,9H2,1-3H3,(H,26,27)(H,22,23,25);4-10,24H,1-3H3,(H,20,21,23);2H2,1H3;;1H2/q;;;;+1;/p-1. The van der Waals surface area contributed by atoms with E-state index in [1.165, 1.54) is 80.9 Å². The fourth-order valence-corrected chi connectivity index (χ4v) is 15.1. The van der Waals surface area contributed by atoms with E-state index in [1.54, 1.807) is 102 Å². The number of aliphatic carboxylic acids is 1. The number of halogens is 1. The quantitative estimate of drug-likeness (QED) is 0.0341. The monoisotopic (exact) mass is 1550 g/mol. The molecule has 12 aromatic rings. The number of benzene rings is 6. The number of nitrogens with zero attached hydrogens (tertiary/aromatic N) is 9. The Morgan fingerprint density at radius 1 is 0.455 bits per heavy atom. The number of hydrogen-bond donors (Lipinski definition) is 5. The van der Waals surface area contributed by atoms with Gasteiger partial charge in [0, 0.05) is 51.4 Å². The Labute approximate surface area is 612 Å². The van der Waals surface area contributed by atoms with Gasteiger partial charge >= 0.3 is 36.8 Å². The van der Waals surface area contributed by atoms with Crippen molar-refractivity contribution >= 4 is 195 Å². The minimum absolute atomic E-state index is 0. The Bertz CT molecular complexity index is 5410. The predicted molar refractivity (Wildman–Crippen MR) is 388 cm³/mol. The second-order valence-corrected chi connectivity index (χ2v) is 35.5. The molecule has 0 amide bonds. The summed E-state index contributed by atoms with van der Waals surface area (Å²) in [6.45, 7) is 13.2. The molecule has 6 heterocycles. The SMILES string of the molecule is CC(C)(C)S(=O)(=O)c1cc2c(Nc3ccc4scnc4c3)ncnc2cc1O.CC(C)(C)S(=O)(=O)c1cc2c(Nc3ccc4scnc4c3)ncnc2cc1OCC(=O)O.COC(=O)CBr.COC(=O)COc1cc2ncnc(Nc3ccc4scnc4c3)c2cc1S(=O)(=O)C(C)(C)C.[Li+].[OH-]. The normalized spacial score (nSPS) is 11.8. The third-order valence-corrected chi connectivity index (χ3v) is 24.9. The van der Waals surface area contributed by atoms with Crippen LogP contribution in [0.3, 0.4) is 0 Å². The summed E-state index contributed by atoms with van der Waals surface area (Å²) >= 11 is 7.53. The van der Waals surface area contributed by atoms with Crippen molar-refractivity contribution in [3.63, 3.8) is 0 Å². The molecule has 28 nitrogen and oxygen atoms in total. The average Bonchev–Trinajstić information content (AvgIpc) is 1.27. The molecule has 0 atom stereocenters. The van der Waals surface area contributed by atoms with Gasteiger partial charge in [-0.15, -0.1) is 34.0 Å². The summed E-state index contributed by atoms with van der Waals surface area (Å²) in [6, 6.07) is 25.8. The molecule has 0 saturated heterocycles.